The van der Waals surface area contributed by atoms with Crippen LogP contribution < -0.4 is 10.6 Å². The molecule has 0 heterocycles. The first-order valence-electron chi connectivity index (χ1n) is 11.7. The lowest BCUT2D eigenvalue weighted by Gasteiger charge is -2.24. The van der Waals surface area contributed by atoms with Gasteiger partial charge in [0, 0.05) is 5.56 Å². The maximum atomic E-state index is 14.1. The molecule has 3 aromatic carbocycles. The molecule has 12 heteroatoms. The third kappa shape index (κ3) is 7.58. The Morgan fingerprint density at radius 2 is 1.41 bits per heavy atom. The van der Waals surface area contributed by atoms with Gasteiger partial charge in [0.1, 0.15) is 11.0 Å². The third-order valence-electron chi connectivity index (χ3n) is 5.20. The highest BCUT2D eigenvalue weighted by Crippen LogP contribution is 2.61. The summed E-state index contributed by atoms with van der Waals surface area (Å²) in [4.78, 5) is 26.9. The maximum absolute atomic E-state index is 14.1. The van der Waals surface area contributed by atoms with Crippen molar-refractivity contribution < 1.29 is 36.4 Å². The zero-order valence-corrected chi connectivity index (χ0v) is 22.6. The Balaban J connectivity index is 2.21. The van der Waals surface area contributed by atoms with E-state index in [2.05, 4.69) is 10.6 Å². The summed E-state index contributed by atoms with van der Waals surface area (Å²) in [5.41, 5.74) is -1.24. The Kier molecular flexibility index (Phi) is 10.1. The van der Waals surface area contributed by atoms with Gasteiger partial charge in [0.2, 0.25) is 0 Å². The summed E-state index contributed by atoms with van der Waals surface area (Å²) < 4.78 is 64.4. The molecule has 0 aliphatic rings. The van der Waals surface area contributed by atoms with E-state index in [4.69, 9.17) is 20.6 Å². The molecule has 0 saturated heterocycles. The lowest BCUT2D eigenvalue weighted by atomic mass is 10.1. The van der Waals surface area contributed by atoms with Crippen molar-refractivity contribution in [1.82, 2.24) is 5.32 Å². The van der Waals surface area contributed by atoms with Crippen molar-refractivity contribution in [1.29, 1.82) is 0 Å². The van der Waals surface area contributed by atoms with Gasteiger partial charge in [0.25, 0.3) is 11.8 Å². The largest absolute Gasteiger partial charge is 0.416 e. The standard InChI is InChI=1S/C27H25ClF3N2O5P/c1-3-37-39(36,38-4-2)24(18-11-7-5-8-12-18)23(33-25(34)19-13-9-6-10-14-19)26(35)32-22-16-15-20(17-21(22)28)27(29,30)31/h5-17H,3-4H2,1-2H3,(H,32,35)(H,33,34)/b24-23-. The van der Waals surface area contributed by atoms with Gasteiger partial charge in [0.05, 0.1) is 29.5 Å². The van der Waals surface area contributed by atoms with Crippen LogP contribution in [0.1, 0.15) is 35.3 Å². The summed E-state index contributed by atoms with van der Waals surface area (Å²) in [7, 11) is -4.23. The molecule has 7 nitrogen and oxygen atoms in total. The molecule has 0 bridgehead atoms. The van der Waals surface area contributed by atoms with Crippen molar-refractivity contribution in [3.05, 3.63) is 106 Å². The van der Waals surface area contributed by atoms with Crippen LogP contribution in [0.25, 0.3) is 5.31 Å². The summed E-state index contributed by atoms with van der Waals surface area (Å²) in [5.74, 6) is -1.73. The second-order valence-electron chi connectivity index (χ2n) is 7.89. The van der Waals surface area contributed by atoms with E-state index in [0.717, 1.165) is 12.1 Å². The van der Waals surface area contributed by atoms with Gasteiger partial charge in [-0.3, -0.25) is 14.2 Å². The maximum Gasteiger partial charge on any atom is 0.416 e. The van der Waals surface area contributed by atoms with Crippen molar-refractivity contribution in [2.24, 2.45) is 0 Å². The molecule has 39 heavy (non-hydrogen) atoms. The number of hydrogen-bond donors (Lipinski definition) is 2. The summed E-state index contributed by atoms with van der Waals surface area (Å²) >= 11 is 6.05. The topological polar surface area (TPSA) is 93.7 Å². The van der Waals surface area contributed by atoms with Crippen molar-refractivity contribution in [3.8, 4) is 0 Å². The fourth-order valence-corrected chi connectivity index (χ4v) is 5.66. The fourth-order valence-electron chi connectivity index (χ4n) is 3.52. The van der Waals surface area contributed by atoms with Crippen LogP contribution in [-0.4, -0.2) is 25.0 Å². The molecule has 0 atom stereocenters. The van der Waals surface area contributed by atoms with E-state index in [1.165, 1.54) is 12.1 Å². The normalized spacial score (nSPS) is 12.5. The third-order valence-corrected chi connectivity index (χ3v) is 7.74. The quantitative estimate of drug-likeness (QED) is 0.193. The number of benzene rings is 3. The second-order valence-corrected chi connectivity index (χ2v) is 10.3. The minimum Gasteiger partial charge on any atom is -0.319 e. The molecule has 2 amide bonds. The SMILES string of the molecule is CCOP(=O)(OCC)/C(=C(\NC(=O)c1ccccc1)C(=O)Nc1ccc(C(F)(F)F)cc1Cl)c1ccccc1. The zero-order chi connectivity index (χ0) is 28.6. The summed E-state index contributed by atoms with van der Waals surface area (Å²) in [5, 5.41) is 4.28. The van der Waals surface area contributed by atoms with Gasteiger partial charge >= 0.3 is 13.8 Å². The van der Waals surface area contributed by atoms with E-state index in [0.29, 0.717) is 6.07 Å². The van der Waals surface area contributed by atoms with Crippen LogP contribution in [0.4, 0.5) is 18.9 Å². The number of carbonyl (C=O) groups is 2. The van der Waals surface area contributed by atoms with E-state index >= 15 is 0 Å². The number of rotatable bonds is 10. The van der Waals surface area contributed by atoms with Gasteiger partial charge in [-0.15, -0.1) is 0 Å². The number of amides is 2. The second kappa shape index (κ2) is 13.1. The first kappa shape index (κ1) is 30.1. The van der Waals surface area contributed by atoms with Crippen molar-refractivity contribution in [3.63, 3.8) is 0 Å². The van der Waals surface area contributed by atoms with Crippen molar-refractivity contribution in [2.75, 3.05) is 18.5 Å². The van der Waals surface area contributed by atoms with Crippen LogP contribution >= 0.6 is 19.2 Å². The molecule has 0 spiro atoms. The van der Waals surface area contributed by atoms with Crippen LogP contribution in [0.3, 0.4) is 0 Å². The Bertz CT molecular complexity index is 1390. The van der Waals surface area contributed by atoms with E-state index in [1.54, 1.807) is 62.4 Å². The van der Waals surface area contributed by atoms with Crippen molar-refractivity contribution in [2.45, 2.75) is 20.0 Å². The van der Waals surface area contributed by atoms with Gasteiger partial charge < -0.3 is 19.7 Å². The smallest absolute Gasteiger partial charge is 0.319 e. The summed E-state index contributed by atoms with van der Waals surface area (Å²) in [6.45, 7) is 3.05. The highest BCUT2D eigenvalue weighted by Gasteiger charge is 2.37. The summed E-state index contributed by atoms with van der Waals surface area (Å²) in [6.07, 6.45) is -4.65. The van der Waals surface area contributed by atoms with E-state index in [1.807, 2.05) is 0 Å². The Hall–Kier alpha value is -3.43. The first-order valence-corrected chi connectivity index (χ1v) is 13.7. The number of anilines is 1. The molecule has 0 aliphatic carbocycles. The zero-order valence-electron chi connectivity index (χ0n) is 20.9. The molecule has 0 saturated carbocycles. The average molecular weight is 581 g/mol. The molecule has 0 unspecified atom stereocenters. The molecule has 0 aromatic heterocycles. The first-order chi connectivity index (χ1) is 18.5. The van der Waals surface area contributed by atoms with E-state index in [9.17, 15) is 27.3 Å². The molecular weight excluding hydrogens is 556 g/mol. The van der Waals surface area contributed by atoms with E-state index < -0.39 is 41.9 Å². The van der Waals surface area contributed by atoms with E-state index in [-0.39, 0.29) is 35.3 Å². The van der Waals surface area contributed by atoms with Crippen LogP contribution in [-0.2, 0) is 24.6 Å². The number of hydrogen-bond acceptors (Lipinski definition) is 5. The molecule has 3 aromatic rings. The number of alkyl halides is 3. The van der Waals surface area contributed by atoms with Crippen LogP contribution in [0.15, 0.2) is 84.6 Å². The lowest BCUT2D eigenvalue weighted by molar-refractivity contribution is -0.137. The minimum absolute atomic E-state index is 0.0557. The molecular formula is C27H25ClF3N2O5P. The molecule has 3 rings (SSSR count). The molecule has 0 fully saturated rings. The molecule has 0 aliphatic heterocycles. The monoisotopic (exact) mass is 580 g/mol. The van der Waals surface area contributed by atoms with Crippen LogP contribution in [0, 0.1) is 0 Å². The van der Waals surface area contributed by atoms with Gasteiger partial charge in [-0.2, -0.15) is 13.2 Å². The fraction of sp³-hybridized carbons (Fsp3) is 0.185. The molecule has 2 N–H and O–H groups in total. The highest BCUT2D eigenvalue weighted by atomic mass is 35.5. The predicted molar refractivity (Wildman–Crippen MR) is 143 cm³/mol. The van der Waals surface area contributed by atoms with Crippen LogP contribution in [0.5, 0.6) is 0 Å². The number of nitrogens with one attached hydrogen (secondary N) is 2. The predicted octanol–water partition coefficient (Wildman–Crippen LogP) is 7.36. The lowest BCUT2D eigenvalue weighted by Crippen LogP contribution is -2.32. The summed E-state index contributed by atoms with van der Waals surface area (Å²) in [6, 6.07) is 18.4. The minimum atomic E-state index is -4.65. The average Bonchev–Trinajstić information content (AvgIpc) is 2.90. The van der Waals surface area contributed by atoms with Gasteiger partial charge in [0.15, 0.2) is 0 Å². The molecule has 206 valence electrons. The van der Waals surface area contributed by atoms with Crippen molar-refractivity contribution >= 4 is 42.0 Å². The number of carbonyl (C=O) groups excluding carboxylic acids is 2. The van der Waals surface area contributed by atoms with Gasteiger partial charge in [-0.05, 0) is 49.7 Å². The Labute approximate surface area is 228 Å². The van der Waals surface area contributed by atoms with Crippen LogP contribution in [0.2, 0.25) is 5.02 Å². The van der Waals surface area contributed by atoms with Gasteiger partial charge in [-0.1, -0.05) is 60.1 Å². The van der Waals surface area contributed by atoms with Gasteiger partial charge in [-0.25, -0.2) is 0 Å². The highest BCUT2D eigenvalue weighted by molar-refractivity contribution is 7.65. The Morgan fingerprint density at radius 1 is 0.872 bits per heavy atom. The molecule has 0 radical (unpaired) electrons. The Morgan fingerprint density at radius 3 is 1.90 bits per heavy atom. The number of halogens is 4.